The van der Waals surface area contributed by atoms with Gasteiger partial charge in [-0.3, -0.25) is 9.78 Å². The van der Waals surface area contributed by atoms with Crippen molar-refractivity contribution in [1.29, 1.82) is 0 Å². The molecule has 0 N–H and O–H groups in total. The van der Waals surface area contributed by atoms with Crippen molar-refractivity contribution >= 4 is 16.8 Å². The first kappa shape index (κ1) is 16.7. The molecule has 4 heteroatoms. The quantitative estimate of drug-likeness (QED) is 0.702. The molecule has 1 aromatic heterocycles. The van der Waals surface area contributed by atoms with Gasteiger partial charge in [-0.05, 0) is 31.0 Å². The van der Waals surface area contributed by atoms with Crippen LogP contribution in [0.25, 0.3) is 10.9 Å². The molecule has 1 aliphatic heterocycles. The van der Waals surface area contributed by atoms with Crippen molar-refractivity contribution in [3.05, 3.63) is 77.0 Å². The average Bonchev–Trinajstić information content (AvgIpc) is 2.68. The van der Waals surface area contributed by atoms with Crippen LogP contribution in [-0.4, -0.2) is 35.5 Å². The van der Waals surface area contributed by atoms with Crippen molar-refractivity contribution in [2.45, 2.75) is 20.0 Å². The highest BCUT2D eigenvalue weighted by molar-refractivity contribution is 6.06. The number of hydrogen-bond donors (Lipinski definition) is 0. The van der Waals surface area contributed by atoms with Gasteiger partial charge in [0.25, 0.3) is 5.91 Å². The summed E-state index contributed by atoms with van der Waals surface area (Å²) in [6, 6.07) is 18.0. The highest BCUT2D eigenvalue weighted by Crippen LogP contribution is 2.26. The number of rotatable bonds is 2. The number of para-hydroxylation sites is 1. The Kier molecular flexibility index (Phi) is 4.43. The number of nitrogens with zero attached hydrogens (tertiary/aromatic N) is 2. The Labute approximate surface area is 153 Å². The van der Waals surface area contributed by atoms with Gasteiger partial charge in [0.05, 0.1) is 24.2 Å². The Bertz CT molecular complexity index is 953. The zero-order valence-corrected chi connectivity index (χ0v) is 15.1. The molecule has 1 amide bonds. The van der Waals surface area contributed by atoms with E-state index in [9.17, 15) is 4.79 Å². The van der Waals surface area contributed by atoms with E-state index in [1.165, 1.54) is 0 Å². The summed E-state index contributed by atoms with van der Waals surface area (Å²) in [5, 5.41) is 0.920. The zero-order valence-electron chi connectivity index (χ0n) is 15.1. The second kappa shape index (κ2) is 6.89. The maximum absolute atomic E-state index is 13.3. The second-order valence-corrected chi connectivity index (χ2v) is 6.80. The van der Waals surface area contributed by atoms with Crippen molar-refractivity contribution in [1.82, 2.24) is 9.88 Å². The lowest BCUT2D eigenvalue weighted by Gasteiger charge is -2.33. The van der Waals surface area contributed by atoms with Crippen molar-refractivity contribution in [3.8, 4) is 0 Å². The summed E-state index contributed by atoms with van der Waals surface area (Å²) < 4.78 is 5.90. The summed E-state index contributed by atoms with van der Waals surface area (Å²) in [5.74, 6) is 0.0512. The SMILES string of the molecule is Cc1cc(C(=O)N2CCO[C@@H](c3ccccc3)C2)c2cccc(C)c2n1. The molecule has 0 unspecified atom stereocenters. The molecule has 0 spiro atoms. The standard InChI is InChI=1S/C22H22N2O2/c1-15-7-6-10-18-19(13-16(2)23-21(15)18)22(25)24-11-12-26-20(14-24)17-8-4-3-5-9-17/h3-10,13,20H,11-12,14H2,1-2H3/t20-/m1/s1. The minimum absolute atomic E-state index is 0.0512. The number of morpholine rings is 1. The summed E-state index contributed by atoms with van der Waals surface area (Å²) >= 11 is 0. The molecule has 132 valence electrons. The summed E-state index contributed by atoms with van der Waals surface area (Å²) in [7, 11) is 0. The highest BCUT2D eigenvalue weighted by Gasteiger charge is 2.27. The third-order valence-corrected chi connectivity index (χ3v) is 4.92. The first-order valence-electron chi connectivity index (χ1n) is 8.96. The number of benzene rings is 2. The lowest BCUT2D eigenvalue weighted by atomic mass is 10.0. The van der Waals surface area contributed by atoms with E-state index in [0.29, 0.717) is 19.7 Å². The predicted octanol–water partition coefficient (Wildman–Crippen LogP) is 4.07. The van der Waals surface area contributed by atoms with E-state index in [1.807, 2.05) is 73.3 Å². The van der Waals surface area contributed by atoms with Crippen LogP contribution in [0.4, 0.5) is 0 Å². The number of carbonyl (C=O) groups excluding carboxylic acids is 1. The molecule has 4 rings (SSSR count). The first-order chi connectivity index (χ1) is 12.6. The Balaban J connectivity index is 1.67. The second-order valence-electron chi connectivity index (χ2n) is 6.80. The molecule has 3 aromatic rings. The van der Waals surface area contributed by atoms with Crippen molar-refractivity contribution < 1.29 is 9.53 Å². The zero-order chi connectivity index (χ0) is 18.1. The van der Waals surface area contributed by atoms with Crippen LogP contribution in [-0.2, 0) is 4.74 Å². The molecule has 2 aromatic carbocycles. The van der Waals surface area contributed by atoms with E-state index >= 15 is 0 Å². The van der Waals surface area contributed by atoms with Gasteiger partial charge in [0, 0.05) is 17.6 Å². The van der Waals surface area contributed by atoms with Gasteiger partial charge in [0.15, 0.2) is 0 Å². The van der Waals surface area contributed by atoms with E-state index in [4.69, 9.17) is 4.74 Å². The van der Waals surface area contributed by atoms with Gasteiger partial charge in [-0.2, -0.15) is 0 Å². The van der Waals surface area contributed by atoms with E-state index in [2.05, 4.69) is 4.98 Å². The monoisotopic (exact) mass is 346 g/mol. The summed E-state index contributed by atoms with van der Waals surface area (Å²) in [4.78, 5) is 19.8. The minimum atomic E-state index is -0.0789. The third kappa shape index (κ3) is 3.08. The van der Waals surface area contributed by atoms with E-state index < -0.39 is 0 Å². The van der Waals surface area contributed by atoms with E-state index in [0.717, 1.165) is 33.3 Å². The Morgan fingerprint density at radius 3 is 2.73 bits per heavy atom. The first-order valence-corrected chi connectivity index (χ1v) is 8.96. The van der Waals surface area contributed by atoms with Gasteiger partial charge in [0.2, 0.25) is 0 Å². The van der Waals surface area contributed by atoms with Crippen molar-refractivity contribution in [3.63, 3.8) is 0 Å². The van der Waals surface area contributed by atoms with Gasteiger partial charge >= 0.3 is 0 Å². The topological polar surface area (TPSA) is 42.4 Å². The maximum atomic E-state index is 13.3. The number of aromatic nitrogens is 1. The van der Waals surface area contributed by atoms with Crippen LogP contribution < -0.4 is 0 Å². The maximum Gasteiger partial charge on any atom is 0.254 e. The minimum Gasteiger partial charge on any atom is -0.370 e. The van der Waals surface area contributed by atoms with E-state index in [-0.39, 0.29) is 12.0 Å². The molecule has 1 atom stereocenters. The molecule has 0 saturated carbocycles. The molecule has 1 saturated heterocycles. The Hall–Kier alpha value is -2.72. The molecule has 4 nitrogen and oxygen atoms in total. The molecular weight excluding hydrogens is 324 g/mol. The van der Waals surface area contributed by atoms with Gasteiger partial charge in [-0.15, -0.1) is 0 Å². The number of carbonyl (C=O) groups is 1. The molecule has 2 heterocycles. The molecule has 1 fully saturated rings. The summed E-state index contributed by atoms with van der Waals surface area (Å²) in [6.07, 6.45) is -0.0789. The summed E-state index contributed by atoms with van der Waals surface area (Å²) in [5.41, 5.74) is 4.69. The number of aryl methyl sites for hydroxylation is 2. The molecular formula is C22H22N2O2. The Morgan fingerprint density at radius 2 is 1.92 bits per heavy atom. The van der Waals surface area contributed by atoms with Crippen LogP contribution in [0.15, 0.2) is 54.6 Å². The fourth-order valence-electron chi connectivity index (χ4n) is 3.57. The number of ether oxygens (including phenoxy) is 1. The normalized spacial score (nSPS) is 17.5. The van der Waals surface area contributed by atoms with Gasteiger partial charge in [-0.25, -0.2) is 0 Å². The predicted molar refractivity (Wildman–Crippen MR) is 102 cm³/mol. The van der Waals surface area contributed by atoms with Gasteiger partial charge in [-0.1, -0.05) is 48.5 Å². The third-order valence-electron chi connectivity index (χ3n) is 4.92. The number of fused-ring (bicyclic) bond motifs is 1. The van der Waals surface area contributed by atoms with Gasteiger partial charge < -0.3 is 9.64 Å². The number of hydrogen-bond acceptors (Lipinski definition) is 3. The average molecular weight is 346 g/mol. The van der Waals surface area contributed by atoms with Crippen LogP contribution in [0, 0.1) is 13.8 Å². The van der Waals surface area contributed by atoms with Crippen LogP contribution in [0.1, 0.15) is 33.3 Å². The van der Waals surface area contributed by atoms with Crippen molar-refractivity contribution in [2.75, 3.05) is 19.7 Å². The number of pyridine rings is 1. The number of amides is 1. The smallest absolute Gasteiger partial charge is 0.254 e. The molecule has 26 heavy (non-hydrogen) atoms. The van der Waals surface area contributed by atoms with Gasteiger partial charge in [0.1, 0.15) is 6.10 Å². The van der Waals surface area contributed by atoms with E-state index in [1.54, 1.807) is 0 Å². The van der Waals surface area contributed by atoms with Crippen molar-refractivity contribution in [2.24, 2.45) is 0 Å². The lowest BCUT2D eigenvalue weighted by Crippen LogP contribution is -2.42. The Morgan fingerprint density at radius 1 is 1.12 bits per heavy atom. The van der Waals surface area contributed by atoms with Crippen LogP contribution >= 0.6 is 0 Å². The van der Waals surface area contributed by atoms with Crippen LogP contribution in [0.2, 0.25) is 0 Å². The fourth-order valence-corrected chi connectivity index (χ4v) is 3.57. The summed E-state index contributed by atoms with van der Waals surface area (Å²) in [6.45, 7) is 5.69. The fraction of sp³-hybridized carbons (Fsp3) is 0.273. The lowest BCUT2D eigenvalue weighted by molar-refractivity contribution is -0.0227. The molecule has 0 aliphatic carbocycles. The largest absolute Gasteiger partial charge is 0.370 e. The molecule has 1 aliphatic rings. The highest BCUT2D eigenvalue weighted by atomic mass is 16.5. The molecule has 0 bridgehead atoms. The van der Waals surface area contributed by atoms with Crippen LogP contribution in [0.3, 0.4) is 0 Å². The van der Waals surface area contributed by atoms with Crippen LogP contribution in [0.5, 0.6) is 0 Å². The molecule has 0 radical (unpaired) electrons.